The van der Waals surface area contributed by atoms with E-state index in [-0.39, 0.29) is 5.91 Å². The van der Waals surface area contributed by atoms with Gasteiger partial charge < -0.3 is 5.32 Å². The molecule has 0 aliphatic rings. The van der Waals surface area contributed by atoms with Crippen LogP contribution in [0, 0.1) is 11.3 Å². The minimum atomic E-state index is -0.118. The number of nitrogens with one attached hydrogen (secondary N) is 1. The minimum absolute atomic E-state index is 0.118. The highest BCUT2D eigenvalue weighted by Crippen LogP contribution is 2.27. The topological polar surface area (TPSA) is 65.8 Å². The van der Waals surface area contributed by atoms with Gasteiger partial charge >= 0.3 is 0 Å². The maximum Gasteiger partial charge on any atom is 0.234 e. The summed E-state index contributed by atoms with van der Waals surface area (Å²) in [6, 6.07) is 17.6. The van der Waals surface area contributed by atoms with Gasteiger partial charge in [-0.25, -0.2) is 4.98 Å². The molecule has 3 aromatic rings. The number of thioether (sulfide) groups is 1. The first kappa shape index (κ1) is 20.1. The quantitative estimate of drug-likeness (QED) is 0.547. The first-order valence-corrected chi connectivity index (χ1v) is 11.0. The van der Waals surface area contributed by atoms with E-state index >= 15 is 0 Å². The lowest BCUT2D eigenvalue weighted by Crippen LogP contribution is -2.15. The molecule has 0 spiro atoms. The molecule has 0 aliphatic heterocycles. The third-order valence-corrected chi connectivity index (χ3v) is 6.09. The SMILES string of the molecule is CC(C)c1ccc(-c2nc(CSCC(=O)Nc3ccccc3C#N)cs2)cc1. The van der Waals surface area contributed by atoms with E-state index in [1.165, 1.54) is 17.3 Å². The van der Waals surface area contributed by atoms with Gasteiger partial charge in [-0.2, -0.15) is 5.26 Å². The second kappa shape index (κ2) is 9.54. The van der Waals surface area contributed by atoms with Crippen LogP contribution < -0.4 is 5.32 Å². The normalized spacial score (nSPS) is 10.6. The zero-order valence-corrected chi connectivity index (χ0v) is 17.4. The van der Waals surface area contributed by atoms with Gasteiger partial charge in [0, 0.05) is 16.7 Å². The summed E-state index contributed by atoms with van der Waals surface area (Å²) in [6.07, 6.45) is 0. The van der Waals surface area contributed by atoms with Gasteiger partial charge in [-0.05, 0) is 23.6 Å². The number of amides is 1. The number of hydrogen-bond acceptors (Lipinski definition) is 5. The Morgan fingerprint density at radius 2 is 1.96 bits per heavy atom. The molecule has 3 rings (SSSR count). The van der Waals surface area contributed by atoms with Crippen molar-refractivity contribution in [1.82, 2.24) is 4.98 Å². The van der Waals surface area contributed by atoms with Gasteiger partial charge in [-0.3, -0.25) is 4.79 Å². The Kier molecular flexibility index (Phi) is 6.85. The van der Waals surface area contributed by atoms with Crippen molar-refractivity contribution in [3.63, 3.8) is 0 Å². The summed E-state index contributed by atoms with van der Waals surface area (Å²) >= 11 is 3.13. The third-order valence-electron chi connectivity index (χ3n) is 4.18. The van der Waals surface area contributed by atoms with Crippen LogP contribution in [0.25, 0.3) is 10.6 Å². The van der Waals surface area contributed by atoms with Gasteiger partial charge in [0.15, 0.2) is 0 Å². The van der Waals surface area contributed by atoms with Crippen LogP contribution in [0.15, 0.2) is 53.9 Å². The molecule has 1 amide bonds. The van der Waals surface area contributed by atoms with Gasteiger partial charge in [-0.1, -0.05) is 50.2 Å². The molecule has 0 atom stereocenters. The Hall–Kier alpha value is -2.62. The van der Waals surface area contributed by atoms with Crippen LogP contribution in [0.4, 0.5) is 5.69 Å². The molecule has 0 bridgehead atoms. The second-order valence-corrected chi connectivity index (χ2v) is 8.46. The number of benzene rings is 2. The Labute approximate surface area is 173 Å². The molecule has 0 saturated heterocycles. The van der Waals surface area contributed by atoms with Crippen LogP contribution in [-0.4, -0.2) is 16.6 Å². The maximum atomic E-state index is 12.1. The zero-order chi connectivity index (χ0) is 19.9. The molecular weight excluding hydrogens is 386 g/mol. The van der Waals surface area contributed by atoms with E-state index in [0.717, 1.165) is 16.3 Å². The summed E-state index contributed by atoms with van der Waals surface area (Å²) in [5, 5.41) is 14.9. The van der Waals surface area contributed by atoms with Gasteiger partial charge in [0.25, 0.3) is 0 Å². The largest absolute Gasteiger partial charge is 0.324 e. The van der Waals surface area contributed by atoms with Crippen LogP contribution in [0.1, 0.15) is 36.6 Å². The van der Waals surface area contributed by atoms with Crippen LogP contribution in [0.5, 0.6) is 0 Å². The fraction of sp³-hybridized carbons (Fsp3) is 0.227. The number of thiazole rings is 1. The lowest BCUT2D eigenvalue weighted by atomic mass is 10.0. The molecule has 28 heavy (non-hydrogen) atoms. The van der Waals surface area contributed by atoms with E-state index < -0.39 is 0 Å². The number of hydrogen-bond donors (Lipinski definition) is 1. The van der Waals surface area contributed by atoms with Crippen molar-refractivity contribution in [2.24, 2.45) is 0 Å². The first-order chi connectivity index (χ1) is 13.6. The Bertz CT molecular complexity index is 988. The number of aromatic nitrogens is 1. The monoisotopic (exact) mass is 407 g/mol. The summed E-state index contributed by atoms with van der Waals surface area (Å²) in [4.78, 5) is 16.8. The number of carbonyl (C=O) groups excluding carboxylic acids is 1. The van der Waals surface area contributed by atoms with Gasteiger partial charge in [-0.15, -0.1) is 23.1 Å². The van der Waals surface area contributed by atoms with E-state index in [2.05, 4.69) is 54.5 Å². The molecule has 6 heteroatoms. The molecule has 1 heterocycles. The highest BCUT2D eigenvalue weighted by molar-refractivity contribution is 7.99. The molecule has 0 fully saturated rings. The zero-order valence-electron chi connectivity index (χ0n) is 15.8. The smallest absolute Gasteiger partial charge is 0.234 e. The van der Waals surface area contributed by atoms with Crippen molar-refractivity contribution in [3.8, 4) is 16.6 Å². The predicted molar refractivity (Wildman–Crippen MR) is 118 cm³/mol. The lowest BCUT2D eigenvalue weighted by molar-refractivity contribution is -0.113. The lowest BCUT2D eigenvalue weighted by Gasteiger charge is -2.06. The molecule has 4 nitrogen and oxygen atoms in total. The predicted octanol–water partition coefficient (Wildman–Crippen LogP) is 5.68. The fourth-order valence-electron chi connectivity index (χ4n) is 2.64. The van der Waals surface area contributed by atoms with Crippen LogP contribution in [-0.2, 0) is 10.5 Å². The summed E-state index contributed by atoms with van der Waals surface area (Å²) in [6.45, 7) is 4.37. The van der Waals surface area contributed by atoms with E-state index in [1.807, 2.05) is 5.38 Å². The van der Waals surface area contributed by atoms with Crippen molar-refractivity contribution < 1.29 is 4.79 Å². The van der Waals surface area contributed by atoms with Gasteiger partial charge in [0.1, 0.15) is 11.1 Å². The molecular formula is C22H21N3OS2. The Morgan fingerprint density at radius 3 is 2.68 bits per heavy atom. The molecule has 0 aliphatic carbocycles. The third kappa shape index (κ3) is 5.22. The van der Waals surface area contributed by atoms with Crippen molar-refractivity contribution in [3.05, 3.63) is 70.7 Å². The fourth-order valence-corrected chi connectivity index (χ4v) is 4.29. The maximum absolute atomic E-state index is 12.1. The number of rotatable bonds is 7. The summed E-state index contributed by atoms with van der Waals surface area (Å²) < 4.78 is 0. The first-order valence-electron chi connectivity index (χ1n) is 8.98. The molecule has 142 valence electrons. The summed E-state index contributed by atoms with van der Waals surface area (Å²) in [7, 11) is 0. The molecule has 0 unspecified atom stereocenters. The Morgan fingerprint density at radius 1 is 1.21 bits per heavy atom. The van der Waals surface area contributed by atoms with Crippen molar-refractivity contribution in [1.29, 1.82) is 5.26 Å². The van der Waals surface area contributed by atoms with Gasteiger partial charge in [0.2, 0.25) is 5.91 Å². The van der Waals surface area contributed by atoms with Crippen LogP contribution in [0.2, 0.25) is 0 Å². The van der Waals surface area contributed by atoms with Crippen molar-refractivity contribution in [2.75, 3.05) is 11.1 Å². The molecule has 1 aromatic heterocycles. The average molecular weight is 408 g/mol. The van der Waals surface area contributed by atoms with E-state index in [1.54, 1.807) is 35.6 Å². The molecule has 0 radical (unpaired) electrons. The Balaban J connectivity index is 1.52. The molecule has 0 saturated carbocycles. The highest BCUT2D eigenvalue weighted by Gasteiger charge is 2.09. The number of para-hydroxylation sites is 1. The van der Waals surface area contributed by atoms with Crippen LogP contribution >= 0.6 is 23.1 Å². The summed E-state index contributed by atoms with van der Waals surface area (Å²) in [5.74, 6) is 1.39. The number of carbonyl (C=O) groups is 1. The summed E-state index contributed by atoms with van der Waals surface area (Å²) in [5.41, 5.74) is 4.43. The van der Waals surface area contributed by atoms with Crippen molar-refractivity contribution in [2.45, 2.75) is 25.5 Å². The highest BCUT2D eigenvalue weighted by atomic mass is 32.2. The standard InChI is InChI=1S/C22H21N3OS2/c1-15(2)16-7-9-17(10-8-16)22-24-19(13-28-22)12-27-14-21(26)25-20-6-4-3-5-18(20)11-23/h3-10,13,15H,12,14H2,1-2H3,(H,25,26). The molecule has 2 aromatic carbocycles. The molecule has 1 N–H and O–H groups in total. The number of nitrogens with zero attached hydrogens (tertiary/aromatic N) is 2. The van der Waals surface area contributed by atoms with E-state index in [4.69, 9.17) is 5.26 Å². The number of anilines is 1. The second-order valence-electron chi connectivity index (χ2n) is 6.62. The van der Waals surface area contributed by atoms with Crippen LogP contribution in [0.3, 0.4) is 0 Å². The van der Waals surface area contributed by atoms with Gasteiger partial charge in [0.05, 0.1) is 22.7 Å². The van der Waals surface area contributed by atoms with E-state index in [0.29, 0.717) is 28.7 Å². The number of nitriles is 1. The minimum Gasteiger partial charge on any atom is -0.324 e. The average Bonchev–Trinajstić information content (AvgIpc) is 3.17. The van der Waals surface area contributed by atoms with Crippen molar-refractivity contribution >= 4 is 34.7 Å². The van der Waals surface area contributed by atoms with E-state index in [9.17, 15) is 4.79 Å².